The minimum atomic E-state index is 0.500. The maximum absolute atomic E-state index is 5.76. The summed E-state index contributed by atoms with van der Waals surface area (Å²) in [6, 6.07) is 0. The zero-order chi connectivity index (χ0) is 10.8. The van der Waals surface area contributed by atoms with Gasteiger partial charge in [-0.2, -0.15) is 11.8 Å². The van der Waals surface area contributed by atoms with E-state index in [0.29, 0.717) is 17.7 Å². The first-order valence-corrected chi connectivity index (χ1v) is 7.40. The van der Waals surface area contributed by atoms with Gasteiger partial charge in [0.05, 0.1) is 10.9 Å². The van der Waals surface area contributed by atoms with Gasteiger partial charge in [-0.25, -0.2) is 4.98 Å². The molecular weight excluding hydrogens is 224 g/mol. The maximum Gasteiger partial charge on any atom is 0.106 e. The lowest BCUT2D eigenvalue weighted by Crippen LogP contribution is -1.99. The van der Waals surface area contributed by atoms with Gasteiger partial charge in [-0.1, -0.05) is 13.8 Å². The molecule has 2 N–H and O–H groups in total. The molecule has 1 atom stereocenters. The first-order chi connectivity index (χ1) is 7.22. The van der Waals surface area contributed by atoms with Gasteiger partial charge < -0.3 is 5.73 Å². The van der Waals surface area contributed by atoms with Gasteiger partial charge in [0.25, 0.3) is 0 Å². The molecule has 1 fully saturated rings. The molecule has 0 aromatic carbocycles. The lowest BCUT2D eigenvalue weighted by molar-refractivity contribution is 0.781. The molecule has 1 saturated heterocycles. The molecular formula is C11H18N2S2. The lowest BCUT2D eigenvalue weighted by atomic mass is 10.1. The van der Waals surface area contributed by atoms with Crippen LogP contribution >= 0.6 is 23.1 Å². The van der Waals surface area contributed by atoms with Crippen molar-refractivity contribution in [2.24, 2.45) is 5.73 Å². The first kappa shape index (κ1) is 11.4. The Morgan fingerprint density at radius 3 is 2.80 bits per heavy atom. The van der Waals surface area contributed by atoms with E-state index in [1.165, 1.54) is 34.2 Å². The van der Waals surface area contributed by atoms with Crippen molar-refractivity contribution in [1.29, 1.82) is 0 Å². The molecule has 2 nitrogen and oxygen atoms in total. The number of nitrogens with two attached hydrogens (primary N) is 1. The normalized spacial score (nSPS) is 21.5. The van der Waals surface area contributed by atoms with Gasteiger partial charge in [0.2, 0.25) is 0 Å². The van der Waals surface area contributed by atoms with Gasteiger partial charge in [0, 0.05) is 11.4 Å². The van der Waals surface area contributed by atoms with Gasteiger partial charge in [-0.15, -0.1) is 11.3 Å². The van der Waals surface area contributed by atoms with E-state index in [4.69, 9.17) is 10.7 Å². The Morgan fingerprint density at radius 1 is 1.53 bits per heavy atom. The van der Waals surface area contributed by atoms with Crippen LogP contribution in [0.15, 0.2) is 0 Å². The number of rotatable bonds is 3. The minimum absolute atomic E-state index is 0.500. The van der Waals surface area contributed by atoms with E-state index in [1.807, 2.05) is 23.1 Å². The predicted molar refractivity (Wildman–Crippen MR) is 68.5 cm³/mol. The summed E-state index contributed by atoms with van der Waals surface area (Å²) in [6.45, 7) is 5.03. The van der Waals surface area contributed by atoms with Gasteiger partial charge in [0.1, 0.15) is 5.01 Å². The van der Waals surface area contributed by atoms with Crippen LogP contribution < -0.4 is 5.73 Å². The van der Waals surface area contributed by atoms with Crippen LogP contribution in [0, 0.1) is 0 Å². The monoisotopic (exact) mass is 242 g/mol. The lowest BCUT2D eigenvalue weighted by Gasteiger charge is -2.03. The molecule has 0 aliphatic carbocycles. The van der Waals surface area contributed by atoms with E-state index in [0.717, 1.165) is 0 Å². The van der Waals surface area contributed by atoms with E-state index in [2.05, 4.69) is 13.8 Å². The summed E-state index contributed by atoms with van der Waals surface area (Å²) in [5.41, 5.74) is 6.99. The Bertz CT molecular complexity index is 327. The molecule has 0 spiro atoms. The topological polar surface area (TPSA) is 38.9 Å². The number of nitrogens with zero attached hydrogens (tertiary/aromatic N) is 1. The van der Waals surface area contributed by atoms with E-state index in [9.17, 15) is 0 Å². The van der Waals surface area contributed by atoms with Gasteiger partial charge in [-0.05, 0) is 24.5 Å². The highest BCUT2D eigenvalue weighted by atomic mass is 32.2. The second-order valence-electron chi connectivity index (χ2n) is 4.22. The fraction of sp³-hybridized carbons (Fsp3) is 0.727. The number of hydrogen-bond donors (Lipinski definition) is 1. The second kappa shape index (κ2) is 4.85. The molecule has 4 heteroatoms. The van der Waals surface area contributed by atoms with Crippen molar-refractivity contribution in [2.45, 2.75) is 44.4 Å². The molecule has 15 heavy (non-hydrogen) atoms. The summed E-state index contributed by atoms with van der Waals surface area (Å²) in [7, 11) is 0. The van der Waals surface area contributed by atoms with E-state index in [-0.39, 0.29) is 0 Å². The summed E-state index contributed by atoms with van der Waals surface area (Å²) < 4.78 is 0. The van der Waals surface area contributed by atoms with Crippen molar-refractivity contribution in [2.75, 3.05) is 5.75 Å². The van der Waals surface area contributed by atoms with Crippen LogP contribution in [0.2, 0.25) is 0 Å². The Balaban J connectivity index is 2.25. The molecule has 84 valence electrons. The molecule has 0 bridgehead atoms. The Morgan fingerprint density at radius 2 is 2.33 bits per heavy atom. The average Bonchev–Trinajstić information content (AvgIpc) is 2.86. The first-order valence-electron chi connectivity index (χ1n) is 5.53. The summed E-state index contributed by atoms with van der Waals surface area (Å²) in [5, 5.41) is 1.95. The van der Waals surface area contributed by atoms with Crippen LogP contribution in [0.4, 0.5) is 0 Å². The molecule has 1 aliphatic heterocycles. The van der Waals surface area contributed by atoms with E-state index < -0.39 is 0 Å². The SMILES string of the molecule is CC(C)c1nc(C2CCCS2)sc1CN. The molecule has 0 amide bonds. The van der Waals surface area contributed by atoms with Crippen molar-refractivity contribution in [3.05, 3.63) is 15.6 Å². The smallest absolute Gasteiger partial charge is 0.106 e. The van der Waals surface area contributed by atoms with Crippen LogP contribution in [0.25, 0.3) is 0 Å². The van der Waals surface area contributed by atoms with Crippen molar-refractivity contribution in [3.63, 3.8) is 0 Å². The summed E-state index contributed by atoms with van der Waals surface area (Å²) >= 11 is 3.87. The fourth-order valence-electron chi connectivity index (χ4n) is 1.89. The highest BCUT2D eigenvalue weighted by molar-refractivity contribution is 7.99. The highest BCUT2D eigenvalue weighted by Gasteiger charge is 2.23. The fourth-order valence-corrected chi connectivity index (χ4v) is 4.50. The standard InChI is InChI=1S/C11H18N2S2/c1-7(2)10-9(6-12)15-11(13-10)8-4-3-5-14-8/h7-8H,3-6,12H2,1-2H3. The summed E-state index contributed by atoms with van der Waals surface area (Å²) in [5.74, 6) is 1.79. The quantitative estimate of drug-likeness (QED) is 0.884. The zero-order valence-corrected chi connectivity index (χ0v) is 11.0. The largest absolute Gasteiger partial charge is 0.326 e. The number of hydrogen-bond acceptors (Lipinski definition) is 4. The van der Waals surface area contributed by atoms with Crippen LogP contribution in [0.3, 0.4) is 0 Å². The number of aromatic nitrogens is 1. The second-order valence-corrected chi connectivity index (χ2v) is 6.65. The van der Waals surface area contributed by atoms with Crippen molar-refractivity contribution < 1.29 is 0 Å². The molecule has 1 aromatic rings. The third-order valence-corrected chi connectivity index (χ3v) is 5.42. The average molecular weight is 242 g/mol. The Labute approximate surface area is 99.7 Å². The van der Waals surface area contributed by atoms with Crippen molar-refractivity contribution in [3.8, 4) is 0 Å². The minimum Gasteiger partial charge on any atom is -0.326 e. The van der Waals surface area contributed by atoms with Gasteiger partial charge in [-0.3, -0.25) is 0 Å². The third-order valence-electron chi connectivity index (χ3n) is 2.68. The summed E-state index contributed by atoms with van der Waals surface area (Å²) in [6.07, 6.45) is 2.63. The van der Waals surface area contributed by atoms with Crippen molar-refractivity contribution in [1.82, 2.24) is 4.98 Å². The molecule has 1 aliphatic rings. The third kappa shape index (κ3) is 2.37. The highest BCUT2D eigenvalue weighted by Crippen LogP contribution is 2.42. The Hall–Kier alpha value is -0.0600. The summed E-state index contributed by atoms with van der Waals surface area (Å²) in [4.78, 5) is 6.06. The van der Waals surface area contributed by atoms with Gasteiger partial charge in [0.15, 0.2) is 0 Å². The number of thiazole rings is 1. The van der Waals surface area contributed by atoms with Crippen LogP contribution in [-0.4, -0.2) is 10.7 Å². The molecule has 0 radical (unpaired) electrons. The zero-order valence-electron chi connectivity index (χ0n) is 9.32. The molecule has 1 unspecified atom stereocenters. The molecule has 1 aromatic heterocycles. The molecule has 2 rings (SSSR count). The molecule has 2 heterocycles. The van der Waals surface area contributed by atoms with Crippen LogP contribution in [-0.2, 0) is 6.54 Å². The van der Waals surface area contributed by atoms with E-state index >= 15 is 0 Å². The maximum atomic E-state index is 5.76. The van der Waals surface area contributed by atoms with Crippen LogP contribution in [0.1, 0.15) is 53.4 Å². The number of thioether (sulfide) groups is 1. The molecule has 0 saturated carbocycles. The Kier molecular flexibility index (Phi) is 3.69. The van der Waals surface area contributed by atoms with Crippen molar-refractivity contribution >= 4 is 23.1 Å². The van der Waals surface area contributed by atoms with Gasteiger partial charge >= 0.3 is 0 Å². The van der Waals surface area contributed by atoms with E-state index in [1.54, 1.807) is 0 Å². The van der Waals surface area contributed by atoms with Crippen LogP contribution in [0.5, 0.6) is 0 Å². The predicted octanol–water partition coefficient (Wildman–Crippen LogP) is 3.29.